The van der Waals surface area contributed by atoms with Crippen LogP contribution in [0.3, 0.4) is 0 Å². The zero-order valence-electron chi connectivity index (χ0n) is 31.8. The molecule has 0 N–H and O–H groups in total. The fourth-order valence-electron chi connectivity index (χ4n) is 9.41. The van der Waals surface area contributed by atoms with E-state index in [4.69, 9.17) is 9.97 Å². The first-order valence-electron chi connectivity index (χ1n) is 20.0. The lowest BCUT2D eigenvalue weighted by molar-refractivity contribution is 0.768. The van der Waals surface area contributed by atoms with Crippen molar-refractivity contribution in [3.8, 4) is 55.5 Å². The first-order chi connectivity index (χ1) is 29.2. The second-order valence-electron chi connectivity index (χ2n) is 15.2. The van der Waals surface area contributed by atoms with Crippen molar-refractivity contribution in [2.45, 2.75) is 5.41 Å². The third-order valence-electron chi connectivity index (χ3n) is 12.0. The number of benzene rings is 8. The standard InChI is InChI=1S/C55H34N2S2/c1-3-16-38(17-4-1)55(39-18-5-2-6-19-39)45-25-10-8-21-42(45)52-43(23-14-26-46(52)55)48-34-47(35-29-31-36(32-30-35)51-33-37-15-7-11-27-49(37)58-51)56-54(57-48)44-24-13-22-41-40-20-9-12-28-50(40)59-53(41)44/h1-34H. The molecule has 12 rings (SSSR count). The van der Waals surface area contributed by atoms with Crippen LogP contribution < -0.4 is 0 Å². The Hall–Kier alpha value is -6.98. The number of nitrogens with zero attached hydrogens (tertiary/aromatic N) is 2. The molecule has 1 aliphatic rings. The molecule has 0 radical (unpaired) electrons. The lowest BCUT2D eigenvalue weighted by Gasteiger charge is -2.33. The third-order valence-corrected chi connectivity index (χ3v) is 14.4. The molecule has 0 saturated carbocycles. The van der Waals surface area contributed by atoms with E-state index >= 15 is 0 Å². The number of thiophene rings is 2. The maximum Gasteiger partial charge on any atom is 0.161 e. The summed E-state index contributed by atoms with van der Waals surface area (Å²) in [5.74, 6) is 0.726. The van der Waals surface area contributed by atoms with Crippen LogP contribution in [0.4, 0.5) is 0 Å². The molecule has 0 spiro atoms. The van der Waals surface area contributed by atoms with Crippen molar-refractivity contribution < 1.29 is 0 Å². The molecule has 59 heavy (non-hydrogen) atoms. The highest BCUT2D eigenvalue weighted by molar-refractivity contribution is 7.26. The van der Waals surface area contributed by atoms with Crippen molar-refractivity contribution in [1.82, 2.24) is 9.97 Å². The Morgan fingerprint density at radius 2 is 0.983 bits per heavy atom. The molecule has 0 fully saturated rings. The SMILES string of the molecule is c1ccc(C2(c3ccccc3)c3ccccc3-c3c(-c4cc(-c5ccc(-c6cc7ccccc7s6)cc5)nc(-c5cccc6c5sc5ccccc56)n4)cccc32)cc1. The van der Waals surface area contributed by atoms with Gasteiger partial charge < -0.3 is 0 Å². The van der Waals surface area contributed by atoms with E-state index in [1.165, 1.54) is 74.1 Å². The summed E-state index contributed by atoms with van der Waals surface area (Å²) >= 11 is 3.65. The number of rotatable bonds is 6. The van der Waals surface area contributed by atoms with Crippen LogP contribution in [0.1, 0.15) is 22.3 Å². The van der Waals surface area contributed by atoms with Gasteiger partial charge in [-0.15, -0.1) is 22.7 Å². The molecule has 0 atom stereocenters. The quantitative estimate of drug-likeness (QED) is 0.168. The van der Waals surface area contributed by atoms with Gasteiger partial charge in [-0.25, -0.2) is 9.97 Å². The average molecular weight is 787 g/mol. The Morgan fingerprint density at radius 1 is 0.390 bits per heavy atom. The van der Waals surface area contributed by atoms with Gasteiger partial charge in [0.25, 0.3) is 0 Å². The normalized spacial score (nSPS) is 12.9. The highest BCUT2D eigenvalue weighted by Crippen LogP contribution is 2.58. The van der Waals surface area contributed by atoms with Gasteiger partial charge in [-0.2, -0.15) is 0 Å². The van der Waals surface area contributed by atoms with E-state index in [1.807, 2.05) is 22.7 Å². The van der Waals surface area contributed by atoms with Gasteiger partial charge in [-0.1, -0.05) is 176 Å². The van der Waals surface area contributed by atoms with Gasteiger partial charge in [0.2, 0.25) is 0 Å². The maximum absolute atomic E-state index is 5.55. The fourth-order valence-corrected chi connectivity index (χ4v) is 11.7. The minimum atomic E-state index is -0.506. The summed E-state index contributed by atoms with van der Waals surface area (Å²) in [7, 11) is 0. The average Bonchev–Trinajstić information content (AvgIpc) is 4.01. The highest BCUT2D eigenvalue weighted by atomic mass is 32.1. The first-order valence-corrected chi connectivity index (χ1v) is 21.6. The molecule has 0 bridgehead atoms. The predicted octanol–water partition coefficient (Wildman–Crippen LogP) is 15.1. The van der Waals surface area contributed by atoms with Crippen molar-refractivity contribution in [3.63, 3.8) is 0 Å². The summed E-state index contributed by atoms with van der Waals surface area (Å²) in [6.45, 7) is 0. The zero-order valence-corrected chi connectivity index (χ0v) is 33.5. The molecule has 8 aromatic carbocycles. The van der Waals surface area contributed by atoms with Gasteiger partial charge in [0, 0.05) is 46.4 Å². The highest BCUT2D eigenvalue weighted by Gasteiger charge is 2.46. The smallest absolute Gasteiger partial charge is 0.161 e. The van der Waals surface area contributed by atoms with Crippen molar-refractivity contribution in [2.75, 3.05) is 0 Å². The predicted molar refractivity (Wildman–Crippen MR) is 249 cm³/mol. The summed E-state index contributed by atoms with van der Waals surface area (Å²) in [5, 5.41) is 3.77. The van der Waals surface area contributed by atoms with Crippen LogP contribution >= 0.6 is 22.7 Å². The van der Waals surface area contributed by atoms with Gasteiger partial charge in [-0.3, -0.25) is 0 Å². The molecule has 0 aliphatic heterocycles. The number of aromatic nitrogens is 2. The van der Waals surface area contributed by atoms with Crippen molar-refractivity contribution >= 4 is 52.9 Å². The maximum atomic E-state index is 5.55. The molecule has 0 amide bonds. The third kappa shape index (κ3) is 5.31. The molecule has 4 heteroatoms. The van der Waals surface area contributed by atoms with Crippen LogP contribution in [0.2, 0.25) is 0 Å². The minimum absolute atomic E-state index is 0.506. The lowest BCUT2D eigenvalue weighted by atomic mass is 9.67. The van der Waals surface area contributed by atoms with Gasteiger partial charge in [0.15, 0.2) is 5.82 Å². The van der Waals surface area contributed by atoms with Crippen LogP contribution in [0, 0.1) is 0 Å². The van der Waals surface area contributed by atoms with E-state index < -0.39 is 5.41 Å². The van der Waals surface area contributed by atoms with E-state index in [1.54, 1.807) is 0 Å². The monoisotopic (exact) mass is 786 g/mol. The molecule has 3 heterocycles. The van der Waals surface area contributed by atoms with Crippen LogP contribution in [0.25, 0.3) is 85.7 Å². The number of fused-ring (bicyclic) bond motifs is 7. The molecule has 1 aliphatic carbocycles. The molecular formula is C55H34N2S2. The summed E-state index contributed by atoms with van der Waals surface area (Å²) in [4.78, 5) is 12.2. The number of hydrogen-bond acceptors (Lipinski definition) is 4. The molecule has 0 unspecified atom stereocenters. The first kappa shape index (κ1) is 34.1. The van der Waals surface area contributed by atoms with Gasteiger partial charge in [-0.05, 0) is 74.7 Å². The molecule has 276 valence electrons. The second kappa shape index (κ2) is 13.6. The Bertz CT molecular complexity index is 3310. The van der Waals surface area contributed by atoms with Crippen molar-refractivity contribution in [1.29, 1.82) is 0 Å². The minimum Gasteiger partial charge on any atom is -0.228 e. The van der Waals surface area contributed by atoms with E-state index in [0.29, 0.717) is 0 Å². The van der Waals surface area contributed by atoms with Gasteiger partial charge >= 0.3 is 0 Å². The Labute approximate surface area is 350 Å². The van der Waals surface area contributed by atoms with Crippen molar-refractivity contribution in [3.05, 3.63) is 229 Å². The largest absolute Gasteiger partial charge is 0.228 e. The van der Waals surface area contributed by atoms with Crippen LogP contribution in [-0.4, -0.2) is 9.97 Å². The molecule has 2 nitrogen and oxygen atoms in total. The fraction of sp³-hybridized carbons (Fsp3) is 0.0182. The van der Waals surface area contributed by atoms with E-state index in [9.17, 15) is 0 Å². The van der Waals surface area contributed by atoms with Crippen LogP contribution in [0.15, 0.2) is 206 Å². The Balaban J connectivity index is 1.10. The lowest BCUT2D eigenvalue weighted by Crippen LogP contribution is -2.28. The Morgan fingerprint density at radius 3 is 1.78 bits per heavy atom. The number of hydrogen-bond donors (Lipinski definition) is 0. The second-order valence-corrected chi connectivity index (χ2v) is 17.4. The summed E-state index contributed by atoms with van der Waals surface area (Å²) < 4.78 is 3.76. The molecule has 11 aromatic rings. The summed E-state index contributed by atoms with van der Waals surface area (Å²) in [6.07, 6.45) is 0. The van der Waals surface area contributed by atoms with Crippen LogP contribution in [-0.2, 0) is 5.41 Å². The van der Waals surface area contributed by atoms with E-state index in [2.05, 4.69) is 206 Å². The van der Waals surface area contributed by atoms with E-state index in [-0.39, 0.29) is 0 Å². The summed E-state index contributed by atoms with van der Waals surface area (Å²) in [5.41, 5.74) is 13.2. The van der Waals surface area contributed by atoms with Crippen molar-refractivity contribution in [2.24, 2.45) is 0 Å². The topological polar surface area (TPSA) is 25.8 Å². The van der Waals surface area contributed by atoms with Gasteiger partial charge in [0.1, 0.15) is 0 Å². The zero-order chi connectivity index (χ0) is 38.9. The van der Waals surface area contributed by atoms with Gasteiger partial charge in [0.05, 0.1) is 16.8 Å². The summed E-state index contributed by atoms with van der Waals surface area (Å²) in [6, 6.07) is 75.0. The molecule has 0 saturated heterocycles. The molecular weight excluding hydrogens is 753 g/mol. The Kier molecular flexibility index (Phi) is 7.84. The van der Waals surface area contributed by atoms with Crippen LogP contribution in [0.5, 0.6) is 0 Å². The van der Waals surface area contributed by atoms with E-state index in [0.717, 1.165) is 33.9 Å². The molecule has 3 aromatic heterocycles.